The van der Waals surface area contributed by atoms with Crippen LogP contribution in [-0.2, 0) is 9.59 Å². The van der Waals surface area contributed by atoms with E-state index in [9.17, 15) is 14.7 Å². The number of carbonyl (C=O) groups is 2. The number of hydrogen-bond donors (Lipinski definition) is 1. The molecule has 0 aliphatic carbocycles. The van der Waals surface area contributed by atoms with Gasteiger partial charge in [0, 0.05) is 13.0 Å². The number of rotatable bonds is 4. The highest BCUT2D eigenvalue weighted by atomic mass is 16.4. The largest absolute Gasteiger partial charge is 0.479 e. The van der Waals surface area contributed by atoms with Crippen molar-refractivity contribution >= 4 is 11.9 Å². The van der Waals surface area contributed by atoms with Gasteiger partial charge in [0.05, 0.1) is 0 Å². The monoisotopic (exact) mass is 255 g/mol. The summed E-state index contributed by atoms with van der Waals surface area (Å²) in [7, 11) is 0. The quantitative estimate of drug-likeness (QED) is 0.840. The third-order valence-corrected chi connectivity index (χ3v) is 3.53. The molecule has 1 fully saturated rings. The topological polar surface area (TPSA) is 57.6 Å². The van der Waals surface area contributed by atoms with Gasteiger partial charge in [0.1, 0.15) is 5.54 Å². The first kappa shape index (κ1) is 15.0. The van der Waals surface area contributed by atoms with Crippen LogP contribution in [0.3, 0.4) is 0 Å². The van der Waals surface area contributed by atoms with E-state index < -0.39 is 11.5 Å². The molecule has 0 bridgehead atoms. The zero-order valence-electron chi connectivity index (χ0n) is 12.0. The van der Waals surface area contributed by atoms with Crippen molar-refractivity contribution in [1.29, 1.82) is 0 Å². The maximum Gasteiger partial charge on any atom is 0.329 e. The van der Waals surface area contributed by atoms with Crippen LogP contribution < -0.4 is 0 Å². The fourth-order valence-electron chi connectivity index (χ4n) is 2.79. The zero-order valence-corrected chi connectivity index (χ0v) is 12.0. The first-order valence-electron chi connectivity index (χ1n) is 6.77. The molecular weight excluding hydrogens is 230 g/mol. The summed E-state index contributed by atoms with van der Waals surface area (Å²) in [5, 5.41) is 9.52. The highest BCUT2D eigenvalue weighted by Crippen LogP contribution is 2.36. The lowest BCUT2D eigenvalue weighted by Gasteiger charge is -2.36. The minimum Gasteiger partial charge on any atom is -0.479 e. The van der Waals surface area contributed by atoms with Crippen molar-refractivity contribution in [3.8, 4) is 0 Å². The molecule has 0 radical (unpaired) electrons. The summed E-state index contributed by atoms with van der Waals surface area (Å²) in [5.41, 5.74) is -1.05. The molecule has 1 rings (SSSR count). The molecule has 0 aromatic rings. The van der Waals surface area contributed by atoms with Crippen molar-refractivity contribution in [2.24, 2.45) is 5.41 Å². The van der Waals surface area contributed by atoms with Crippen LogP contribution in [0.4, 0.5) is 0 Å². The van der Waals surface area contributed by atoms with E-state index in [1.54, 1.807) is 4.90 Å². The number of carboxylic acids is 1. The number of carboxylic acid groups (broad SMARTS) is 1. The molecule has 0 aromatic carbocycles. The van der Waals surface area contributed by atoms with E-state index in [2.05, 4.69) is 0 Å². The molecule has 18 heavy (non-hydrogen) atoms. The predicted molar refractivity (Wildman–Crippen MR) is 70.3 cm³/mol. The SMILES string of the molecule is CCCC1(C(=O)O)CCCN1C(=O)CC(C)(C)C. The van der Waals surface area contributed by atoms with Crippen molar-refractivity contribution in [3.63, 3.8) is 0 Å². The highest BCUT2D eigenvalue weighted by molar-refractivity contribution is 5.88. The molecule has 0 spiro atoms. The lowest BCUT2D eigenvalue weighted by molar-refractivity contribution is -0.157. The Morgan fingerprint density at radius 3 is 2.39 bits per heavy atom. The zero-order chi connectivity index (χ0) is 14.0. The van der Waals surface area contributed by atoms with Crippen molar-refractivity contribution < 1.29 is 14.7 Å². The second-order valence-electron chi connectivity index (χ2n) is 6.47. The van der Waals surface area contributed by atoms with Crippen LogP contribution in [-0.4, -0.2) is 34.0 Å². The van der Waals surface area contributed by atoms with Gasteiger partial charge in [0.2, 0.25) is 5.91 Å². The van der Waals surface area contributed by atoms with Gasteiger partial charge in [-0.25, -0.2) is 4.79 Å². The number of nitrogens with zero attached hydrogens (tertiary/aromatic N) is 1. The van der Waals surface area contributed by atoms with Crippen LogP contribution in [0.5, 0.6) is 0 Å². The Kier molecular flexibility index (Phi) is 4.41. The van der Waals surface area contributed by atoms with Crippen molar-refractivity contribution in [3.05, 3.63) is 0 Å². The lowest BCUT2D eigenvalue weighted by atomic mass is 9.88. The standard InChI is InChI=1S/C14H25NO3/c1-5-7-14(12(17)18)8-6-9-15(14)11(16)10-13(2,3)4/h5-10H2,1-4H3,(H,17,18). The normalized spacial score (nSPS) is 24.3. The molecule has 1 unspecified atom stereocenters. The third kappa shape index (κ3) is 3.03. The molecule has 1 aliphatic rings. The van der Waals surface area contributed by atoms with E-state index in [1.165, 1.54) is 0 Å². The molecule has 104 valence electrons. The average molecular weight is 255 g/mol. The Morgan fingerprint density at radius 2 is 1.94 bits per heavy atom. The average Bonchev–Trinajstić information content (AvgIpc) is 2.60. The van der Waals surface area contributed by atoms with Crippen LogP contribution >= 0.6 is 0 Å². The molecule has 1 N–H and O–H groups in total. The summed E-state index contributed by atoms with van der Waals surface area (Å²) < 4.78 is 0. The molecule has 1 atom stereocenters. The van der Waals surface area contributed by atoms with Crippen molar-refractivity contribution in [1.82, 2.24) is 4.90 Å². The van der Waals surface area contributed by atoms with Crippen LogP contribution in [0.15, 0.2) is 0 Å². The van der Waals surface area contributed by atoms with E-state index in [1.807, 2.05) is 27.7 Å². The molecule has 4 nitrogen and oxygen atoms in total. The minimum atomic E-state index is -0.947. The van der Waals surface area contributed by atoms with E-state index in [4.69, 9.17) is 0 Å². The maximum absolute atomic E-state index is 12.3. The van der Waals surface area contributed by atoms with Gasteiger partial charge in [-0.05, 0) is 24.7 Å². The smallest absolute Gasteiger partial charge is 0.329 e. The Bertz CT molecular complexity index is 332. The van der Waals surface area contributed by atoms with Gasteiger partial charge in [0.15, 0.2) is 0 Å². The van der Waals surface area contributed by atoms with Crippen LogP contribution in [0, 0.1) is 5.41 Å². The van der Waals surface area contributed by atoms with Gasteiger partial charge in [-0.15, -0.1) is 0 Å². The molecule has 4 heteroatoms. The van der Waals surface area contributed by atoms with E-state index in [-0.39, 0.29) is 11.3 Å². The van der Waals surface area contributed by atoms with E-state index in [0.29, 0.717) is 25.8 Å². The number of amides is 1. The fourth-order valence-corrected chi connectivity index (χ4v) is 2.79. The fraction of sp³-hybridized carbons (Fsp3) is 0.857. The summed E-state index contributed by atoms with van der Waals surface area (Å²) in [6.07, 6.45) is 3.13. The molecule has 1 amide bonds. The molecule has 0 aromatic heterocycles. The van der Waals surface area contributed by atoms with E-state index in [0.717, 1.165) is 12.8 Å². The van der Waals surface area contributed by atoms with Gasteiger partial charge in [-0.2, -0.15) is 0 Å². The van der Waals surface area contributed by atoms with Crippen molar-refractivity contribution in [2.45, 2.75) is 65.3 Å². The summed E-state index contributed by atoms with van der Waals surface area (Å²) >= 11 is 0. The van der Waals surface area contributed by atoms with Gasteiger partial charge in [0.25, 0.3) is 0 Å². The summed E-state index contributed by atoms with van der Waals surface area (Å²) in [6.45, 7) is 8.56. The molecular formula is C14H25NO3. The highest BCUT2D eigenvalue weighted by Gasteiger charge is 2.49. The summed E-state index contributed by atoms with van der Waals surface area (Å²) in [4.78, 5) is 25.5. The lowest BCUT2D eigenvalue weighted by Crippen LogP contribution is -2.53. The number of likely N-dealkylation sites (tertiary alicyclic amines) is 1. The summed E-state index contributed by atoms with van der Waals surface area (Å²) in [5.74, 6) is -0.861. The molecule has 1 aliphatic heterocycles. The number of hydrogen-bond acceptors (Lipinski definition) is 2. The third-order valence-electron chi connectivity index (χ3n) is 3.53. The Hall–Kier alpha value is -1.06. The Balaban J connectivity index is 2.92. The maximum atomic E-state index is 12.3. The Labute approximate surface area is 109 Å². The molecule has 1 heterocycles. The van der Waals surface area contributed by atoms with Gasteiger partial charge >= 0.3 is 5.97 Å². The predicted octanol–water partition coefficient (Wildman–Crippen LogP) is 2.67. The van der Waals surface area contributed by atoms with Crippen molar-refractivity contribution in [2.75, 3.05) is 6.54 Å². The van der Waals surface area contributed by atoms with Crippen LogP contribution in [0.25, 0.3) is 0 Å². The summed E-state index contributed by atoms with van der Waals surface area (Å²) in [6, 6.07) is 0. The van der Waals surface area contributed by atoms with Crippen LogP contribution in [0.1, 0.15) is 59.8 Å². The minimum absolute atomic E-state index is 0.0177. The number of aliphatic carboxylic acids is 1. The first-order valence-corrected chi connectivity index (χ1v) is 6.77. The van der Waals surface area contributed by atoms with Gasteiger partial charge in [-0.3, -0.25) is 4.79 Å². The Morgan fingerprint density at radius 1 is 1.33 bits per heavy atom. The van der Waals surface area contributed by atoms with Gasteiger partial charge < -0.3 is 10.0 Å². The first-order chi connectivity index (χ1) is 8.23. The second-order valence-corrected chi connectivity index (χ2v) is 6.47. The number of carbonyl (C=O) groups excluding carboxylic acids is 1. The second kappa shape index (κ2) is 5.29. The molecule has 1 saturated heterocycles. The van der Waals surface area contributed by atoms with Gasteiger partial charge in [-0.1, -0.05) is 34.1 Å². The van der Waals surface area contributed by atoms with E-state index >= 15 is 0 Å². The van der Waals surface area contributed by atoms with Crippen LogP contribution in [0.2, 0.25) is 0 Å². The molecule has 0 saturated carbocycles.